The van der Waals surface area contributed by atoms with E-state index in [0.29, 0.717) is 25.5 Å². The van der Waals surface area contributed by atoms with Crippen LogP contribution in [-0.2, 0) is 10.2 Å². The topological polar surface area (TPSA) is 59.1 Å². The van der Waals surface area contributed by atoms with Crippen molar-refractivity contribution in [3.63, 3.8) is 0 Å². The van der Waals surface area contributed by atoms with Crippen LogP contribution < -0.4 is 9.47 Å². The highest BCUT2D eigenvalue weighted by molar-refractivity contribution is 7.86. The van der Waals surface area contributed by atoms with Crippen LogP contribution in [0.2, 0.25) is 0 Å². The first-order chi connectivity index (χ1) is 10.9. The van der Waals surface area contributed by atoms with Gasteiger partial charge in [-0.3, -0.25) is 0 Å². The molecule has 0 radical (unpaired) electrons. The molecule has 1 saturated heterocycles. The standard InChI is InChI=1S/C16H24N2O4S/c1-12(2)17(3)23(19,20)18-8-4-5-14(18)13-6-7-15-16(11-13)22-10-9-21-15/h6-7,11-12,14H,4-5,8-10H2,1-3H3. The first-order valence-corrected chi connectivity index (χ1v) is 9.45. The summed E-state index contributed by atoms with van der Waals surface area (Å²) >= 11 is 0. The van der Waals surface area contributed by atoms with Gasteiger partial charge in [0.25, 0.3) is 10.2 Å². The van der Waals surface area contributed by atoms with Crippen molar-refractivity contribution in [1.82, 2.24) is 8.61 Å². The van der Waals surface area contributed by atoms with Crippen LogP contribution in [0.5, 0.6) is 11.5 Å². The van der Waals surface area contributed by atoms with Crippen LogP contribution in [0.15, 0.2) is 18.2 Å². The Labute approximate surface area is 138 Å². The zero-order valence-corrected chi connectivity index (χ0v) is 14.7. The van der Waals surface area contributed by atoms with Crippen molar-refractivity contribution in [2.75, 3.05) is 26.8 Å². The molecule has 1 aromatic rings. The largest absolute Gasteiger partial charge is 0.486 e. The Morgan fingerprint density at radius 2 is 1.91 bits per heavy atom. The maximum Gasteiger partial charge on any atom is 0.282 e. The Hall–Kier alpha value is -1.31. The van der Waals surface area contributed by atoms with Gasteiger partial charge >= 0.3 is 0 Å². The lowest BCUT2D eigenvalue weighted by molar-refractivity contribution is 0.171. The summed E-state index contributed by atoms with van der Waals surface area (Å²) in [5.41, 5.74) is 0.965. The maximum absolute atomic E-state index is 12.8. The fourth-order valence-corrected chi connectivity index (χ4v) is 4.82. The van der Waals surface area contributed by atoms with E-state index in [9.17, 15) is 8.42 Å². The summed E-state index contributed by atoms with van der Waals surface area (Å²) in [5, 5.41) is 0. The van der Waals surface area contributed by atoms with E-state index in [2.05, 4.69) is 0 Å². The first-order valence-electron chi connectivity index (χ1n) is 8.05. The summed E-state index contributed by atoms with van der Waals surface area (Å²) in [6.07, 6.45) is 1.69. The van der Waals surface area contributed by atoms with Gasteiger partial charge in [0.15, 0.2) is 11.5 Å². The number of nitrogens with zero attached hydrogens (tertiary/aromatic N) is 2. The van der Waals surface area contributed by atoms with Gasteiger partial charge in [0.05, 0.1) is 6.04 Å². The molecule has 3 rings (SSSR count). The quantitative estimate of drug-likeness (QED) is 0.843. The molecule has 1 fully saturated rings. The van der Waals surface area contributed by atoms with Gasteiger partial charge in [0.2, 0.25) is 0 Å². The molecule has 7 heteroatoms. The minimum absolute atomic E-state index is 0.0680. The molecular weight excluding hydrogens is 316 g/mol. The molecule has 0 bridgehead atoms. The average molecular weight is 340 g/mol. The molecule has 0 N–H and O–H groups in total. The lowest BCUT2D eigenvalue weighted by atomic mass is 10.0. The van der Waals surface area contributed by atoms with Crippen molar-refractivity contribution >= 4 is 10.2 Å². The van der Waals surface area contributed by atoms with Crippen LogP contribution in [0.25, 0.3) is 0 Å². The Morgan fingerprint density at radius 3 is 2.61 bits per heavy atom. The molecule has 0 saturated carbocycles. The van der Waals surface area contributed by atoms with Crippen LogP contribution in [0, 0.1) is 0 Å². The van der Waals surface area contributed by atoms with Crippen molar-refractivity contribution in [3.05, 3.63) is 23.8 Å². The second kappa shape index (κ2) is 6.30. The van der Waals surface area contributed by atoms with Gasteiger partial charge in [0.1, 0.15) is 13.2 Å². The van der Waals surface area contributed by atoms with E-state index in [1.165, 1.54) is 4.31 Å². The predicted octanol–water partition coefficient (Wildman–Crippen LogP) is 2.18. The molecule has 6 nitrogen and oxygen atoms in total. The second-order valence-corrected chi connectivity index (χ2v) is 8.23. The van der Waals surface area contributed by atoms with Crippen LogP contribution in [0.3, 0.4) is 0 Å². The van der Waals surface area contributed by atoms with Gasteiger partial charge in [-0.1, -0.05) is 6.07 Å². The third-order valence-corrected chi connectivity index (χ3v) is 6.72. The summed E-state index contributed by atoms with van der Waals surface area (Å²) < 4.78 is 39.9. The number of ether oxygens (including phenoxy) is 2. The Kier molecular flexibility index (Phi) is 4.53. The predicted molar refractivity (Wildman–Crippen MR) is 87.9 cm³/mol. The molecule has 128 valence electrons. The van der Waals surface area contributed by atoms with Gasteiger partial charge in [-0.15, -0.1) is 0 Å². The number of hydrogen-bond donors (Lipinski definition) is 0. The van der Waals surface area contributed by atoms with Crippen molar-refractivity contribution < 1.29 is 17.9 Å². The van der Waals surface area contributed by atoms with Gasteiger partial charge < -0.3 is 9.47 Å². The zero-order chi connectivity index (χ0) is 16.6. The monoisotopic (exact) mass is 340 g/mol. The summed E-state index contributed by atoms with van der Waals surface area (Å²) in [5.74, 6) is 1.43. The van der Waals surface area contributed by atoms with Crippen molar-refractivity contribution in [2.24, 2.45) is 0 Å². The van der Waals surface area contributed by atoms with Crippen molar-refractivity contribution in [1.29, 1.82) is 0 Å². The molecule has 1 aromatic carbocycles. The van der Waals surface area contributed by atoms with Crippen molar-refractivity contribution in [3.8, 4) is 11.5 Å². The first kappa shape index (κ1) is 16.5. The summed E-state index contributed by atoms with van der Waals surface area (Å²) in [6.45, 7) is 5.40. The second-order valence-electron chi connectivity index (χ2n) is 6.29. The smallest absolute Gasteiger partial charge is 0.282 e. The van der Waals surface area contributed by atoms with Crippen LogP contribution in [-0.4, -0.2) is 49.9 Å². The summed E-state index contributed by atoms with van der Waals surface area (Å²) in [6, 6.07) is 5.53. The molecule has 0 aliphatic carbocycles. The number of fused-ring (bicyclic) bond motifs is 1. The number of benzene rings is 1. The number of hydrogen-bond acceptors (Lipinski definition) is 4. The van der Waals surface area contributed by atoms with Gasteiger partial charge in [-0.25, -0.2) is 0 Å². The highest BCUT2D eigenvalue weighted by Crippen LogP contribution is 2.39. The Bertz CT molecular complexity index is 675. The van der Waals surface area contributed by atoms with E-state index < -0.39 is 10.2 Å². The summed E-state index contributed by atoms with van der Waals surface area (Å²) in [7, 11) is -1.82. The van der Waals surface area contributed by atoms with E-state index in [4.69, 9.17) is 9.47 Å². The molecular formula is C16H24N2O4S. The third-order valence-electron chi connectivity index (χ3n) is 4.54. The SMILES string of the molecule is CC(C)N(C)S(=O)(=O)N1CCCC1c1ccc2c(c1)OCCO2. The molecule has 0 spiro atoms. The highest BCUT2D eigenvalue weighted by Gasteiger charge is 2.38. The molecule has 2 aliphatic heterocycles. The van der Waals surface area contributed by atoms with E-state index in [1.807, 2.05) is 32.0 Å². The lowest BCUT2D eigenvalue weighted by Gasteiger charge is -2.31. The van der Waals surface area contributed by atoms with Gasteiger partial charge in [-0.2, -0.15) is 17.0 Å². The van der Waals surface area contributed by atoms with E-state index in [0.717, 1.165) is 24.2 Å². The maximum atomic E-state index is 12.8. The summed E-state index contributed by atoms with van der Waals surface area (Å²) in [4.78, 5) is 0. The molecule has 2 heterocycles. The molecule has 0 aromatic heterocycles. The molecule has 23 heavy (non-hydrogen) atoms. The fraction of sp³-hybridized carbons (Fsp3) is 0.625. The van der Waals surface area contributed by atoms with Crippen molar-refractivity contribution in [2.45, 2.75) is 38.8 Å². The van der Waals surface area contributed by atoms with E-state index >= 15 is 0 Å². The Balaban J connectivity index is 1.90. The van der Waals surface area contributed by atoms with Crippen LogP contribution >= 0.6 is 0 Å². The van der Waals surface area contributed by atoms with Gasteiger partial charge in [-0.05, 0) is 44.4 Å². The molecule has 0 amide bonds. The molecule has 1 unspecified atom stereocenters. The lowest BCUT2D eigenvalue weighted by Crippen LogP contribution is -2.44. The minimum atomic E-state index is -3.46. The Morgan fingerprint density at radius 1 is 1.22 bits per heavy atom. The minimum Gasteiger partial charge on any atom is -0.486 e. The van der Waals surface area contributed by atoms with E-state index in [-0.39, 0.29) is 12.1 Å². The average Bonchev–Trinajstić information content (AvgIpc) is 3.04. The fourth-order valence-electron chi connectivity index (χ4n) is 3.05. The highest BCUT2D eigenvalue weighted by atomic mass is 32.2. The third kappa shape index (κ3) is 3.05. The molecule has 1 atom stereocenters. The van der Waals surface area contributed by atoms with Gasteiger partial charge in [0, 0.05) is 19.6 Å². The zero-order valence-electron chi connectivity index (χ0n) is 13.9. The molecule has 2 aliphatic rings. The van der Waals surface area contributed by atoms with E-state index in [1.54, 1.807) is 11.4 Å². The normalized spacial score (nSPS) is 22.0. The van der Waals surface area contributed by atoms with Crippen LogP contribution in [0.4, 0.5) is 0 Å². The number of rotatable bonds is 4. The van der Waals surface area contributed by atoms with Crippen LogP contribution in [0.1, 0.15) is 38.3 Å².